The summed E-state index contributed by atoms with van der Waals surface area (Å²) >= 11 is 3.43. The van der Waals surface area contributed by atoms with Gasteiger partial charge in [-0.2, -0.15) is 5.26 Å². The molecule has 0 bridgehead atoms. The van der Waals surface area contributed by atoms with Crippen LogP contribution >= 0.6 is 15.9 Å². The van der Waals surface area contributed by atoms with Crippen LogP contribution in [0, 0.1) is 16.7 Å². The zero-order valence-corrected chi connectivity index (χ0v) is 22.3. The van der Waals surface area contributed by atoms with E-state index in [0.29, 0.717) is 29.1 Å². The van der Waals surface area contributed by atoms with Crippen molar-refractivity contribution >= 4 is 33.3 Å². The Kier molecular flexibility index (Phi) is 5.33. The molecule has 190 valence electrons. The van der Waals surface area contributed by atoms with Crippen molar-refractivity contribution in [2.45, 2.75) is 38.6 Å². The molecule has 3 aliphatic rings. The van der Waals surface area contributed by atoms with Crippen molar-refractivity contribution < 1.29 is 14.3 Å². The second-order valence-corrected chi connectivity index (χ2v) is 11.4. The van der Waals surface area contributed by atoms with E-state index in [4.69, 9.17) is 10.5 Å². The zero-order chi connectivity index (χ0) is 26.8. The fraction of sp³-hybridized carbons (Fsp3) is 0.250. The van der Waals surface area contributed by atoms with Gasteiger partial charge in [0.1, 0.15) is 28.5 Å². The van der Waals surface area contributed by atoms with Gasteiger partial charge in [-0.05, 0) is 35.7 Å². The molecule has 38 heavy (non-hydrogen) atoms. The molecule has 0 radical (unpaired) electrons. The average Bonchev–Trinajstić information content (AvgIpc) is 3.42. The van der Waals surface area contributed by atoms with E-state index in [9.17, 15) is 14.9 Å². The van der Waals surface area contributed by atoms with Crippen LogP contribution in [0.25, 0.3) is 5.69 Å². The Balaban J connectivity index is 1.48. The van der Waals surface area contributed by atoms with Crippen molar-refractivity contribution in [3.8, 4) is 11.8 Å². The molecule has 0 fully saturated rings. The summed E-state index contributed by atoms with van der Waals surface area (Å²) in [4.78, 5) is 29.7. The lowest BCUT2D eigenvalue weighted by Gasteiger charge is -2.41. The van der Waals surface area contributed by atoms with Gasteiger partial charge in [-0.1, -0.05) is 53.2 Å². The molecule has 1 spiro atoms. The van der Waals surface area contributed by atoms with Crippen LogP contribution in [0.3, 0.4) is 0 Å². The minimum absolute atomic E-state index is 0.0669. The summed E-state index contributed by atoms with van der Waals surface area (Å²) in [5.41, 5.74) is 6.86. The lowest BCUT2D eigenvalue weighted by Crippen LogP contribution is -2.50. The van der Waals surface area contributed by atoms with Crippen LogP contribution in [-0.2, 0) is 26.3 Å². The van der Waals surface area contributed by atoms with Crippen molar-refractivity contribution in [3.05, 3.63) is 93.2 Å². The Labute approximate surface area is 227 Å². The highest BCUT2D eigenvalue weighted by Crippen LogP contribution is 2.57. The number of nitrogens with two attached hydrogens (primary N) is 1. The highest BCUT2D eigenvalue weighted by Gasteiger charge is 2.63. The predicted octanol–water partition coefficient (Wildman–Crippen LogP) is 4.18. The van der Waals surface area contributed by atoms with E-state index in [-0.39, 0.29) is 41.2 Å². The molecule has 1 amide bonds. The second kappa shape index (κ2) is 8.39. The van der Waals surface area contributed by atoms with Crippen LogP contribution in [0.15, 0.2) is 82.0 Å². The Morgan fingerprint density at radius 3 is 2.61 bits per heavy atom. The largest absolute Gasteiger partial charge is 0.444 e. The minimum atomic E-state index is -1.67. The fourth-order valence-electron chi connectivity index (χ4n) is 5.75. The molecule has 1 unspecified atom stereocenters. The number of carbonyl (C=O) groups excluding carboxylic acids is 2. The summed E-state index contributed by atoms with van der Waals surface area (Å²) in [6.45, 7) is 4.03. The monoisotopic (exact) mass is 570 g/mol. The maximum atomic E-state index is 14.5. The average molecular weight is 571 g/mol. The number of para-hydroxylation sites is 1. The molecule has 0 saturated carbocycles. The number of fused-ring (bicyclic) bond motifs is 3. The molecule has 2 aromatic carbocycles. The number of halogens is 1. The topological polar surface area (TPSA) is 127 Å². The van der Waals surface area contributed by atoms with Gasteiger partial charge in [-0.3, -0.25) is 9.59 Å². The predicted molar refractivity (Wildman–Crippen MR) is 141 cm³/mol. The number of aromatic nitrogens is 3. The van der Waals surface area contributed by atoms with Crippen molar-refractivity contribution in [2.24, 2.45) is 11.1 Å². The van der Waals surface area contributed by atoms with Crippen LogP contribution in [0.1, 0.15) is 37.9 Å². The number of anilines is 1. The number of rotatable bonds is 3. The van der Waals surface area contributed by atoms with Crippen LogP contribution in [0.5, 0.6) is 0 Å². The van der Waals surface area contributed by atoms with E-state index in [1.807, 2.05) is 44.2 Å². The van der Waals surface area contributed by atoms with E-state index in [2.05, 4.69) is 32.3 Å². The smallest absolute Gasteiger partial charge is 0.248 e. The summed E-state index contributed by atoms with van der Waals surface area (Å²) in [7, 11) is 0. The maximum Gasteiger partial charge on any atom is 0.248 e. The van der Waals surface area contributed by atoms with Gasteiger partial charge in [0.05, 0.1) is 24.0 Å². The fourth-order valence-corrected chi connectivity index (χ4v) is 6.01. The molecule has 2 N–H and O–H groups in total. The van der Waals surface area contributed by atoms with Gasteiger partial charge in [0.25, 0.3) is 0 Å². The first-order valence-electron chi connectivity index (χ1n) is 12.1. The molecule has 9 nitrogen and oxygen atoms in total. The summed E-state index contributed by atoms with van der Waals surface area (Å²) in [6.07, 6.45) is 2.40. The van der Waals surface area contributed by atoms with E-state index >= 15 is 0 Å². The molecule has 2 aliphatic heterocycles. The van der Waals surface area contributed by atoms with Gasteiger partial charge in [0.2, 0.25) is 11.8 Å². The lowest BCUT2D eigenvalue weighted by molar-refractivity contribution is -0.125. The Bertz CT molecular complexity index is 1630. The van der Waals surface area contributed by atoms with Gasteiger partial charge < -0.3 is 15.4 Å². The molecule has 1 aromatic heterocycles. The Morgan fingerprint density at radius 1 is 1.13 bits per heavy atom. The number of amides is 1. The first kappa shape index (κ1) is 24.1. The third-order valence-electron chi connectivity index (χ3n) is 7.29. The van der Waals surface area contributed by atoms with E-state index in [1.165, 1.54) is 0 Å². The maximum absolute atomic E-state index is 14.5. The molecule has 10 heteroatoms. The van der Waals surface area contributed by atoms with Gasteiger partial charge in [0, 0.05) is 28.6 Å². The van der Waals surface area contributed by atoms with Crippen LogP contribution in [0.2, 0.25) is 0 Å². The second-order valence-electron chi connectivity index (χ2n) is 10.5. The molecule has 3 heterocycles. The molecule has 3 aromatic rings. The first-order chi connectivity index (χ1) is 18.2. The van der Waals surface area contributed by atoms with Crippen molar-refractivity contribution in [1.82, 2.24) is 15.0 Å². The number of benzene rings is 2. The molecular weight excluding hydrogens is 548 g/mol. The number of hydrogen-bond acceptors (Lipinski definition) is 7. The number of ether oxygens (including phenoxy) is 1. The van der Waals surface area contributed by atoms with Crippen molar-refractivity contribution in [3.63, 3.8) is 0 Å². The summed E-state index contributed by atoms with van der Waals surface area (Å²) in [5.74, 6) is -0.445. The van der Waals surface area contributed by atoms with Gasteiger partial charge in [-0.15, -0.1) is 5.10 Å². The quantitative estimate of drug-likeness (QED) is 0.500. The molecule has 1 aliphatic carbocycles. The number of allylic oxidation sites excluding steroid dienone is 1. The van der Waals surface area contributed by atoms with Crippen LogP contribution in [-0.4, -0.2) is 26.7 Å². The van der Waals surface area contributed by atoms with Crippen LogP contribution in [0.4, 0.5) is 5.69 Å². The number of Topliss-reactive ketones (excluding diaryl/α,β-unsaturated/α-hetero) is 1. The third-order valence-corrected chi connectivity index (χ3v) is 7.82. The molecule has 1 atom stereocenters. The number of nitrogens with zero attached hydrogens (tertiary/aromatic N) is 5. The summed E-state index contributed by atoms with van der Waals surface area (Å²) in [6, 6.07) is 16.9. The number of hydrogen-bond donors (Lipinski definition) is 1. The van der Waals surface area contributed by atoms with Crippen molar-refractivity contribution in [2.75, 3.05) is 4.90 Å². The first-order valence-corrected chi connectivity index (χ1v) is 12.9. The highest BCUT2D eigenvalue weighted by molar-refractivity contribution is 9.10. The van der Waals surface area contributed by atoms with Crippen LogP contribution < -0.4 is 10.6 Å². The molecular formula is C28H23BrN6O3. The van der Waals surface area contributed by atoms with Crippen molar-refractivity contribution in [1.29, 1.82) is 5.26 Å². The molecule has 0 saturated heterocycles. The summed E-state index contributed by atoms with van der Waals surface area (Å²) in [5, 5.41) is 18.8. The minimum Gasteiger partial charge on any atom is -0.444 e. The normalized spacial score (nSPS) is 21.9. The molecule has 6 rings (SSSR count). The SMILES string of the molecule is CC1(C)CC(=O)C2=C(C1)OC(N)=C(C#N)C21C(=O)N(Cc2cn(-c3ccc(Br)cc3)nn2)c2ccccc21. The van der Waals surface area contributed by atoms with Gasteiger partial charge in [-0.25, -0.2) is 4.68 Å². The van der Waals surface area contributed by atoms with E-state index in [1.54, 1.807) is 34.0 Å². The number of ketones is 1. The third kappa shape index (κ3) is 3.42. The van der Waals surface area contributed by atoms with E-state index in [0.717, 1.165) is 10.2 Å². The Morgan fingerprint density at radius 2 is 1.87 bits per heavy atom. The van der Waals surface area contributed by atoms with E-state index < -0.39 is 11.3 Å². The summed E-state index contributed by atoms with van der Waals surface area (Å²) < 4.78 is 8.43. The highest BCUT2D eigenvalue weighted by atomic mass is 79.9. The van der Waals surface area contributed by atoms with Gasteiger partial charge in [0.15, 0.2) is 5.78 Å². The number of nitriles is 1. The lowest BCUT2D eigenvalue weighted by atomic mass is 9.62. The standard InChI is InChI=1S/C28H23BrN6O3/c1-27(2)11-22(36)24-23(12-27)38-25(31)20(13-30)28(24)19-5-3-4-6-21(19)34(26(28)37)14-17-15-35(33-32-17)18-9-7-16(29)8-10-18/h3-10,15H,11-12,14,31H2,1-2H3. The Hall–Kier alpha value is -4.23. The number of carbonyl (C=O) groups is 2. The zero-order valence-electron chi connectivity index (χ0n) is 20.7. The van der Waals surface area contributed by atoms with Gasteiger partial charge >= 0.3 is 0 Å².